The van der Waals surface area contributed by atoms with Crippen LogP contribution in [0.5, 0.6) is 17.2 Å². The molecule has 0 unspecified atom stereocenters. The molecule has 1 saturated carbocycles. The van der Waals surface area contributed by atoms with Crippen LogP contribution in [0.25, 0.3) is 22.3 Å². The van der Waals surface area contributed by atoms with E-state index in [2.05, 4.69) is 15.3 Å². The lowest BCUT2D eigenvalue weighted by Crippen LogP contribution is -2.38. The Morgan fingerprint density at radius 3 is 2.50 bits per heavy atom. The average Bonchev–Trinajstić information content (AvgIpc) is 3.39. The summed E-state index contributed by atoms with van der Waals surface area (Å²) in [6, 6.07) is 12.5. The monoisotopic (exact) mass is 633 g/mol. The lowest BCUT2D eigenvalue weighted by molar-refractivity contribution is -0.118. The molecule has 1 amide bonds. The van der Waals surface area contributed by atoms with E-state index >= 15 is 0 Å². The summed E-state index contributed by atoms with van der Waals surface area (Å²) in [5.74, 6) is 1.47. The average molecular weight is 635 g/mol. The van der Waals surface area contributed by atoms with Crippen molar-refractivity contribution in [1.82, 2.24) is 25.1 Å². The van der Waals surface area contributed by atoms with Gasteiger partial charge in [-0.2, -0.15) is 10.4 Å². The highest BCUT2D eigenvalue weighted by Crippen LogP contribution is 2.40. The minimum atomic E-state index is -0.334. The molecule has 4 aromatic rings. The van der Waals surface area contributed by atoms with Crippen molar-refractivity contribution < 1.29 is 14.3 Å². The van der Waals surface area contributed by atoms with Crippen molar-refractivity contribution in [3.05, 3.63) is 64.4 Å². The molecule has 0 aliphatic heterocycles. The van der Waals surface area contributed by atoms with Gasteiger partial charge in [0.15, 0.2) is 17.1 Å². The second-order valence-electron chi connectivity index (χ2n) is 11.8. The maximum absolute atomic E-state index is 12.8. The number of allylic oxidation sites excluding steroid dienone is 1. The summed E-state index contributed by atoms with van der Waals surface area (Å²) in [6.07, 6.45) is 6.12. The third-order valence-electron chi connectivity index (χ3n) is 7.39. The third kappa shape index (κ3) is 6.74. The van der Waals surface area contributed by atoms with Crippen molar-refractivity contribution in [3.8, 4) is 34.6 Å². The van der Waals surface area contributed by atoms with E-state index in [9.17, 15) is 10.1 Å². The molecule has 12 heteroatoms. The number of ether oxygens (including phenoxy) is 2. The number of nitrogens with zero attached hydrogens (tertiary/aromatic N) is 5. The summed E-state index contributed by atoms with van der Waals surface area (Å²) >= 11 is 12.2. The molecule has 0 saturated heterocycles. The first-order chi connectivity index (χ1) is 21.0. The predicted octanol–water partition coefficient (Wildman–Crippen LogP) is 7.28. The second-order valence-corrected chi connectivity index (χ2v) is 12.6. The number of methoxy groups -OCH3 is 1. The normalized spacial score (nSPS) is 17.2. The Hall–Kier alpha value is -4.33. The molecule has 5 rings (SSSR count). The predicted molar refractivity (Wildman–Crippen MR) is 171 cm³/mol. The van der Waals surface area contributed by atoms with Crippen LogP contribution in [-0.2, 0) is 4.79 Å². The van der Waals surface area contributed by atoms with Gasteiger partial charge in [0, 0.05) is 17.7 Å². The van der Waals surface area contributed by atoms with E-state index in [4.69, 9.17) is 43.5 Å². The molecule has 1 aliphatic carbocycles. The molecular weight excluding hydrogens is 601 g/mol. The number of nitrogens with two attached hydrogens (primary N) is 1. The van der Waals surface area contributed by atoms with Gasteiger partial charge in [0.2, 0.25) is 0 Å². The van der Waals surface area contributed by atoms with Crippen molar-refractivity contribution in [2.45, 2.75) is 58.5 Å². The van der Waals surface area contributed by atoms with E-state index in [0.29, 0.717) is 49.8 Å². The Kier molecular flexibility index (Phi) is 9.00. The summed E-state index contributed by atoms with van der Waals surface area (Å²) in [5, 5.41) is 19.0. The van der Waals surface area contributed by atoms with Gasteiger partial charge in [-0.05, 0) is 61.4 Å². The largest absolute Gasteiger partial charge is 0.493 e. The molecule has 228 valence electrons. The first-order valence-corrected chi connectivity index (χ1v) is 15.0. The zero-order valence-electron chi connectivity index (χ0n) is 24.9. The molecule has 3 N–H and O–H groups in total. The highest BCUT2D eigenvalue weighted by atomic mass is 35.5. The standard InChI is InChI=1S/C32H33Cl2N7O3/c1-32(2,3)15-19(16-35)31(42)39-20-6-8-21(9-7-20)41-30-27(29(36)37-17-38-30)28(40-41)18-5-12-25(26(13-18)43-4)44-22-10-11-23(33)24(34)14-22/h5,10-15,17,20-21H,6-9H2,1-4H3,(H,39,42)(H2,36,37,38)/b19-15+. The molecule has 2 aromatic heterocycles. The van der Waals surface area contributed by atoms with E-state index in [1.54, 1.807) is 37.5 Å². The van der Waals surface area contributed by atoms with Crippen LogP contribution in [0.3, 0.4) is 0 Å². The number of rotatable bonds is 7. The Bertz CT molecular complexity index is 1780. The fraction of sp³-hybridized carbons (Fsp3) is 0.344. The lowest BCUT2D eigenvalue weighted by Gasteiger charge is -2.29. The van der Waals surface area contributed by atoms with Gasteiger partial charge in [-0.1, -0.05) is 50.0 Å². The number of nitrogens with one attached hydrogen (secondary N) is 1. The SMILES string of the molecule is COc1cc(-c2nn(C3CCC(NC(=O)/C(C#N)=C/C(C)(C)C)CC3)c3ncnc(N)c23)ccc1Oc1ccc(Cl)c(Cl)c1. The van der Waals surface area contributed by atoms with Crippen molar-refractivity contribution in [2.75, 3.05) is 12.8 Å². The lowest BCUT2D eigenvalue weighted by atomic mass is 9.90. The number of hydrogen-bond donors (Lipinski definition) is 2. The van der Waals surface area contributed by atoms with E-state index in [1.807, 2.05) is 43.7 Å². The number of carbonyl (C=O) groups excluding carboxylic acids is 1. The Labute approximate surface area is 265 Å². The van der Waals surface area contributed by atoms with E-state index < -0.39 is 0 Å². The quantitative estimate of drug-likeness (QED) is 0.160. The third-order valence-corrected chi connectivity index (χ3v) is 8.13. The number of nitrogen functional groups attached to an aromatic ring is 1. The van der Waals surface area contributed by atoms with Crippen LogP contribution in [0, 0.1) is 16.7 Å². The Morgan fingerprint density at radius 2 is 1.84 bits per heavy atom. The molecule has 0 bridgehead atoms. The first kappa shape index (κ1) is 31.1. The number of hydrogen-bond acceptors (Lipinski definition) is 8. The van der Waals surface area contributed by atoms with Crippen molar-refractivity contribution in [1.29, 1.82) is 5.26 Å². The molecule has 0 spiro atoms. The molecule has 44 heavy (non-hydrogen) atoms. The van der Waals surface area contributed by atoms with Crippen LogP contribution < -0.4 is 20.5 Å². The van der Waals surface area contributed by atoms with Crippen LogP contribution >= 0.6 is 23.2 Å². The van der Waals surface area contributed by atoms with Crippen LogP contribution in [-0.4, -0.2) is 38.8 Å². The zero-order valence-corrected chi connectivity index (χ0v) is 26.4. The van der Waals surface area contributed by atoms with Crippen molar-refractivity contribution in [2.24, 2.45) is 5.41 Å². The molecular formula is C32H33Cl2N7O3. The molecule has 0 atom stereocenters. The zero-order chi connectivity index (χ0) is 31.6. The second kappa shape index (κ2) is 12.7. The number of fused-ring (bicyclic) bond motifs is 1. The molecule has 2 heterocycles. The summed E-state index contributed by atoms with van der Waals surface area (Å²) < 4.78 is 13.6. The minimum absolute atomic E-state index is 0.0356. The van der Waals surface area contributed by atoms with Crippen molar-refractivity contribution in [3.63, 3.8) is 0 Å². The molecule has 0 radical (unpaired) electrons. The van der Waals surface area contributed by atoms with Gasteiger partial charge in [-0.15, -0.1) is 0 Å². The number of aromatic nitrogens is 4. The number of carbonyl (C=O) groups is 1. The highest BCUT2D eigenvalue weighted by Gasteiger charge is 2.29. The summed E-state index contributed by atoms with van der Waals surface area (Å²) in [6.45, 7) is 5.87. The van der Waals surface area contributed by atoms with Gasteiger partial charge in [-0.3, -0.25) is 4.79 Å². The van der Waals surface area contributed by atoms with E-state index in [0.717, 1.165) is 31.2 Å². The topological polar surface area (TPSA) is 141 Å². The summed E-state index contributed by atoms with van der Waals surface area (Å²) in [5.41, 5.74) is 8.24. The molecule has 10 nitrogen and oxygen atoms in total. The van der Waals surface area contributed by atoms with Crippen molar-refractivity contribution >= 4 is 46.0 Å². The summed E-state index contributed by atoms with van der Waals surface area (Å²) in [7, 11) is 1.56. The minimum Gasteiger partial charge on any atom is -0.493 e. The maximum atomic E-state index is 12.8. The number of halogens is 2. The van der Waals surface area contributed by atoms with Gasteiger partial charge < -0.3 is 20.5 Å². The van der Waals surface area contributed by atoms with E-state index in [1.165, 1.54) is 6.33 Å². The van der Waals surface area contributed by atoms with Crippen LogP contribution in [0.1, 0.15) is 52.5 Å². The van der Waals surface area contributed by atoms with Crippen LogP contribution in [0.2, 0.25) is 10.0 Å². The highest BCUT2D eigenvalue weighted by molar-refractivity contribution is 6.42. The van der Waals surface area contributed by atoms with Gasteiger partial charge in [0.1, 0.15) is 35.2 Å². The molecule has 2 aromatic carbocycles. The number of benzene rings is 2. The van der Waals surface area contributed by atoms with Crippen LogP contribution in [0.15, 0.2) is 54.4 Å². The first-order valence-electron chi connectivity index (χ1n) is 14.2. The van der Waals surface area contributed by atoms with Gasteiger partial charge in [-0.25, -0.2) is 14.6 Å². The fourth-order valence-corrected chi connectivity index (χ4v) is 5.62. The number of anilines is 1. The summed E-state index contributed by atoms with van der Waals surface area (Å²) in [4.78, 5) is 21.6. The fourth-order valence-electron chi connectivity index (χ4n) is 5.33. The molecule has 1 aliphatic rings. The smallest absolute Gasteiger partial charge is 0.261 e. The van der Waals surface area contributed by atoms with Gasteiger partial charge in [0.05, 0.1) is 28.6 Å². The van der Waals surface area contributed by atoms with Gasteiger partial charge >= 0.3 is 0 Å². The number of nitriles is 1. The Balaban J connectivity index is 1.39. The van der Waals surface area contributed by atoms with Crippen LogP contribution in [0.4, 0.5) is 5.82 Å². The van der Waals surface area contributed by atoms with Gasteiger partial charge in [0.25, 0.3) is 5.91 Å². The maximum Gasteiger partial charge on any atom is 0.261 e. The number of amides is 1. The molecule has 1 fully saturated rings. The Morgan fingerprint density at radius 1 is 1.09 bits per heavy atom. The van der Waals surface area contributed by atoms with E-state index in [-0.39, 0.29) is 29.0 Å².